The van der Waals surface area contributed by atoms with Crippen molar-refractivity contribution in [2.24, 2.45) is 0 Å². The highest BCUT2D eigenvalue weighted by Crippen LogP contribution is 2.37. The number of carbonyl (C=O) groups excluding carboxylic acids is 3. The Kier molecular flexibility index (Phi) is 8.24. The molecule has 0 saturated carbocycles. The second-order valence-corrected chi connectivity index (χ2v) is 6.86. The van der Waals surface area contributed by atoms with Gasteiger partial charge in [-0.05, 0) is 13.8 Å². The van der Waals surface area contributed by atoms with Crippen LogP contribution in [0.4, 0.5) is 22.0 Å². The third kappa shape index (κ3) is 6.49. The molecule has 0 radical (unpaired) electrons. The van der Waals surface area contributed by atoms with Crippen LogP contribution in [0.5, 0.6) is 0 Å². The van der Waals surface area contributed by atoms with Gasteiger partial charge >= 0.3 is 29.1 Å². The maximum Gasteiger partial charge on any atom is 0.466 e. The third-order valence-electron chi connectivity index (χ3n) is 2.82. The van der Waals surface area contributed by atoms with E-state index in [0.29, 0.717) is 0 Å². The number of Topliss-reactive ketones (excluding diaryl/α,β-unsaturated/α-hetero) is 1. The van der Waals surface area contributed by atoms with E-state index in [1.807, 2.05) is 0 Å². The molecule has 0 aromatic heterocycles. The Morgan fingerprint density at radius 1 is 1.11 bits per heavy atom. The molecule has 15 heteroatoms. The normalized spacial score (nSPS) is 14.7. The first-order chi connectivity index (χ1) is 12.4. The van der Waals surface area contributed by atoms with Gasteiger partial charge in [0.25, 0.3) is 0 Å². The van der Waals surface area contributed by atoms with Gasteiger partial charge in [-0.25, -0.2) is 13.2 Å². The number of ether oxygens (including phenoxy) is 2. The molecule has 0 aliphatic heterocycles. The van der Waals surface area contributed by atoms with E-state index in [1.165, 1.54) is 5.32 Å². The number of hydrogen-bond acceptors (Lipinski definition) is 8. The van der Waals surface area contributed by atoms with Gasteiger partial charge in [0.1, 0.15) is 5.78 Å². The van der Waals surface area contributed by atoms with Crippen molar-refractivity contribution in [1.29, 1.82) is 0 Å². The first-order valence-electron chi connectivity index (χ1n) is 7.08. The smallest absolute Gasteiger partial charge is 0.466 e. The summed E-state index contributed by atoms with van der Waals surface area (Å²) >= 11 is 0. The number of nitrogens with one attached hydrogen (secondary N) is 1. The molecule has 1 unspecified atom stereocenters. The van der Waals surface area contributed by atoms with Crippen molar-refractivity contribution < 1.29 is 58.8 Å². The highest BCUT2D eigenvalue weighted by molar-refractivity contribution is 7.86. The van der Waals surface area contributed by atoms with Crippen molar-refractivity contribution >= 4 is 27.8 Å². The van der Waals surface area contributed by atoms with E-state index in [2.05, 4.69) is 16.1 Å². The van der Waals surface area contributed by atoms with Crippen LogP contribution in [0.15, 0.2) is 12.2 Å². The lowest BCUT2D eigenvalue weighted by atomic mass is 10.2. The molecule has 0 fully saturated rings. The molecular formula is C13H15F5NO8S-. The minimum atomic E-state index is -6.25. The number of carbonyl (C=O) groups is 3. The van der Waals surface area contributed by atoms with Crippen LogP contribution in [0.25, 0.3) is 0 Å². The predicted molar refractivity (Wildman–Crippen MR) is 78.6 cm³/mol. The number of ketones is 1. The van der Waals surface area contributed by atoms with E-state index < -0.39 is 70.1 Å². The lowest BCUT2D eigenvalue weighted by Gasteiger charge is -2.33. The molecule has 0 spiro atoms. The van der Waals surface area contributed by atoms with Gasteiger partial charge in [0.05, 0.1) is 13.2 Å². The van der Waals surface area contributed by atoms with Crippen molar-refractivity contribution in [2.45, 2.75) is 37.5 Å². The average Bonchev–Trinajstić information content (AvgIpc) is 2.48. The summed E-state index contributed by atoms with van der Waals surface area (Å²) in [5, 5.41) is -3.59. The molecule has 0 rings (SSSR count). The summed E-state index contributed by atoms with van der Waals surface area (Å²) in [6.45, 7) is 1.96. The van der Waals surface area contributed by atoms with Crippen LogP contribution in [0, 0.1) is 0 Å². The molecule has 0 saturated heterocycles. The summed E-state index contributed by atoms with van der Waals surface area (Å²) in [6.07, 6.45) is -7.94. The Bertz CT molecular complexity index is 749. The standard InChI is InChI=1S/C13H16F5NO8S/c1-7(2)9(21)27-12(13(16,17)18,10(22)19-6-8(3)20)26-5-4-11(14,15)28(23,24)25/h1,4-6H2,2-3H3,(H,19,22)(H,23,24,25)/p-1. The zero-order valence-corrected chi connectivity index (χ0v) is 15.2. The maximum atomic E-state index is 13.5. The summed E-state index contributed by atoms with van der Waals surface area (Å²) < 4.78 is 106. The van der Waals surface area contributed by atoms with Crippen LogP contribution >= 0.6 is 0 Å². The molecule has 28 heavy (non-hydrogen) atoms. The van der Waals surface area contributed by atoms with Gasteiger partial charge in [-0.1, -0.05) is 6.58 Å². The van der Waals surface area contributed by atoms with Gasteiger partial charge < -0.3 is 19.3 Å². The van der Waals surface area contributed by atoms with Gasteiger partial charge in [-0.3, -0.25) is 9.59 Å². The van der Waals surface area contributed by atoms with Crippen LogP contribution in [0.3, 0.4) is 0 Å². The van der Waals surface area contributed by atoms with Gasteiger partial charge in [0, 0.05) is 12.0 Å². The lowest BCUT2D eigenvalue weighted by molar-refractivity contribution is -0.348. The molecule has 0 aliphatic rings. The van der Waals surface area contributed by atoms with Crippen LogP contribution in [-0.4, -0.2) is 61.0 Å². The third-order valence-corrected chi connectivity index (χ3v) is 3.75. The summed E-state index contributed by atoms with van der Waals surface area (Å²) in [5.41, 5.74) is -0.635. The fraction of sp³-hybridized carbons (Fsp3) is 0.615. The van der Waals surface area contributed by atoms with Gasteiger partial charge in [0.15, 0.2) is 10.1 Å². The monoisotopic (exact) mass is 440 g/mol. The zero-order chi connectivity index (χ0) is 22.6. The highest BCUT2D eigenvalue weighted by atomic mass is 32.2. The number of esters is 1. The number of rotatable bonds is 10. The van der Waals surface area contributed by atoms with Crippen molar-refractivity contribution in [3.05, 3.63) is 12.2 Å². The second kappa shape index (κ2) is 8.91. The molecule has 1 amide bonds. The van der Waals surface area contributed by atoms with E-state index in [9.17, 15) is 49.3 Å². The van der Waals surface area contributed by atoms with Crippen LogP contribution in [0.1, 0.15) is 20.3 Å². The first kappa shape index (κ1) is 25.9. The molecule has 0 aromatic carbocycles. The molecule has 1 N–H and O–H groups in total. The van der Waals surface area contributed by atoms with Gasteiger partial charge in [0.2, 0.25) is 0 Å². The molecular weight excluding hydrogens is 425 g/mol. The largest absolute Gasteiger partial charge is 0.743 e. The van der Waals surface area contributed by atoms with E-state index in [0.717, 1.165) is 13.8 Å². The molecule has 9 nitrogen and oxygen atoms in total. The molecule has 162 valence electrons. The summed E-state index contributed by atoms with van der Waals surface area (Å²) in [5.74, 6) is -9.39. The fourth-order valence-electron chi connectivity index (χ4n) is 1.39. The Morgan fingerprint density at radius 3 is 1.96 bits per heavy atom. The van der Waals surface area contributed by atoms with Crippen LogP contribution in [-0.2, 0) is 34.0 Å². The molecule has 0 aromatic rings. The molecule has 0 aliphatic carbocycles. The first-order valence-corrected chi connectivity index (χ1v) is 8.48. The Labute approximate surface area is 155 Å². The highest BCUT2D eigenvalue weighted by Gasteiger charge is 2.66. The van der Waals surface area contributed by atoms with Crippen molar-refractivity contribution in [3.8, 4) is 0 Å². The zero-order valence-electron chi connectivity index (χ0n) is 14.4. The van der Waals surface area contributed by atoms with E-state index in [1.54, 1.807) is 0 Å². The predicted octanol–water partition coefficient (Wildman–Crippen LogP) is 0.614. The number of hydrogen-bond donors (Lipinski definition) is 1. The van der Waals surface area contributed by atoms with Crippen molar-refractivity contribution in [1.82, 2.24) is 5.32 Å². The van der Waals surface area contributed by atoms with E-state index in [-0.39, 0.29) is 0 Å². The maximum absolute atomic E-state index is 13.5. The quantitative estimate of drug-likeness (QED) is 0.171. The van der Waals surface area contributed by atoms with Crippen LogP contribution < -0.4 is 5.32 Å². The van der Waals surface area contributed by atoms with E-state index in [4.69, 9.17) is 0 Å². The number of halogens is 5. The molecule has 0 bridgehead atoms. The summed E-state index contributed by atoms with van der Waals surface area (Å²) in [7, 11) is -6.25. The molecule has 1 atom stereocenters. The average molecular weight is 440 g/mol. The van der Waals surface area contributed by atoms with Crippen LogP contribution in [0.2, 0.25) is 0 Å². The topological polar surface area (TPSA) is 139 Å². The number of amides is 1. The Morgan fingerprint density at radius 2 is 1.61 bits per heavy atom. The SMILES string of the molecule is C=C(C)C(=O)OC(OCCC(F)(F)S(=O)(=O)[O-])(C(=O)NCC(C)=O)C(F)(F)F. The Balaban J connectivity index is 5.91. The minimum absolute atomic E-state index is 0.635. The van der Waals surface area contributed by atoms with E-state index >= 15 is 0 Å². The summed E-state index contributed by atoms with van der Waals surface area (Å²) in [4.78, 5) is 34.3. The van der Waals surface area contributed by atoms with Gasteiger partial charge in [-0.2, -0.15) is 22.0 Å². The fourth-order valence-corrected chi connectivity index (χ4v) is 1.72. The van der Waals surface area contributed by atoms with Gasteiger partial charge in [-0.15, -0.1) is 0 Å². The molecule has 0 heterocycles. The minimum Gasteiger partial charge on any atom is -0.743 e. The number of alkyl halides is 5. The van der Waals surface area contributed by atoms with Crippen molar-refractivity contribution in [3.63, 3.8) is 0 Å². The summed E-state index contributed by atoms with van der Waals surface area (Å²) in [6, 6.07) is 0. The lowest BCUT2D eigenvalue weighted by Crippen LogP contribution is -2.62. The van der Waals surface area contributed by atoms with Crippen molar-refractivity contribution in [2.75, 3.05) is 13.2 Å². The Hall–Kier alpha value is -2.13. The second-order valence-electron chi connectivity index (χ2n) is 5.36.